The first-order valence-electron chi connectivity index (χ1n) is 9.01. The van der Waals surface area contributed by atoms with Gasteiger partial charge in [-0.15, -0.1) is 0 Å². The van der Waals surface area contributed by atoms with Gasteiger partial charge in [0, 0.05) is 11.1 Å². The second-order valence-corrected chi connectivity index (χ2v) is 10.2. The Balaban J connectivity index is 2.64. The number of hydrogen-bond acceptors (Lipinski definition) is 2. The normalized spacial score (nSPS) is 12.4. The van der Waals surface area contributed by atoms with Crippen LogP contribution in [0.25, 0.3) is 11.1 Å². The summed E-state index contributed by atoms with van der Waals surface area (Å²) in [6, 6.07) is 14.7. The highest BCUT2D eigenvalue weighted by molar-refractivity contribution is 7.49. The van der Waals surface area contributed by atoms with Gasteiger partial charge >= 0.3 is 0 Å². The van der Waals surface area contributed by atoms with Gasteiger partial charge in [0.1, 0.15) is 11.5 Å². The molecule has 0 fully saturated rings. The maximum Gasteiger partial charge on any atom is 0.128 e. The molecule has 0 N–H and O–H groups in total. The second kappa shape index (κ2) is 8.23. The molecule has 2 aromatic rings. The smallest absolute Gasteiger partial charge is 0.128 e. The van der Waals surface area contributed by atoms with E-state index in [0.29, 0.717) is 8.58 Å². The molecule has 1 unspecified atom stereocenters. The van der Waals surface area contributed by atoms with E-state index in [1.807, 2.05) is 12.1 Å². The molecule has 1 atom stereocenters. The Labute approximate surface area is 154 Å². The van der Waals surface area contributed by atoms with E-state index in [1.54, 1.807) is 0 Å². The molecule has 0 saturated heterocycles. The molecular formula is C22H31O2P. The summed E-state index contributed by atoms with van der Waals surface area (Å²) in [5.74, 6) is 1.85. The predicted octanol–water partition coefficient (Wildman–Crippen LogP) is 6.03. The van der Waals surface area contributed by atoms with E-state index in [2.05, 4.69) is 78.8 Å². The molecule has 2 nitrogen and oxygen atoms in total. The van der Waals surface area contributed by atoms with Gasteiger partial charge < -0.3 is 9.47 Å². The minimum atomic E-state index is 0.130. The quantitative estimate of drug-likeness (QED) is 0.587. The fraction of sp³-hybridized carbons (Fsp3) is 0.455. The van der Waals surface area contributed by atoms with Crippen LogP contribution in [0.4, 0.5) is 0 Å². The van der Waals surface area contributed by atoms with Gasteiger partial charge in [-0.3, -0.25) is 0 Å². The minimum Gasteiger partial charge on any atom is -0.490 e. The van der Waals surface area contributed by atoms with Gasteiger partial charge in [0.15, 0.2) is 0 Å². The van der Waals surface area contributed by atoms with Gasteiger partial charge in [0.25, 0.3) is 0 Å². The number of rotatable bonds is 6. The van der Waals surface area contributed by atoms with E-state index in [0.717, 1.165) is 17.1 Å². The Morgan fingerprint density at radius 1 is 0.760 bits per heavy atom. The van der Waals surface area contributed by atoms with Crippen molar-refractivity contribution in [2.24, 2.45) is 0 Å². The van der Waals surface area contributed by atoms with Crippen LogP contribution in [0.2, 0.25) is 0 Å². The zero-order chi connectivity index (χ0) is 18.6. The van der Waals surface area contributed by atoms with Crippen LogP contribution in [0.3, 0.4) is 0 Å². The van der Waals surface area contributed by atoms with Crippen molar-refractivity contribution < 1.29 is 9.47 Å². The molecule has 136 valence electrons. The lowest BCUT2D eigenvalue weighted by Crippen LogP contribution is -2.16. The summed E-state index contributed by atoms with van der Waals surface area (Å²) in [6.45, 7) is 15.1. The van der Waals surface area contributed by atoms with Crippen molar-refractivity contribution in [1.29, 1.82) is 0 Å². The summed E-state index contributed by atoms with van der Waals surface area (Å²) in [5.41, 5.74) is 2.28. The predicted molar refractivity (Wildman–Crippen MR) is 111 cm³/mol. The highest BCUT2D eigenvalue weighted by atomic mass is 31.1. The summed E-state index contributed by atoms with van der Waals surface area (Å²) in [7, 11) is 0.688. The monoisotopic (exact) mass is 358 g/mol. The standard InChI is InChI=1S/C22H31O2P/c1-15(2)23-18-12-9-8-11-17(18)21-19(24-16(3)4)13-10-14-20(21)25-22(5,6)7/h8-16,25H,1-7H3. The average Bonchev–Trinajstić information content (AvgIpc) is 2.46. The van der Waals surface area contributed by atoms with Crippen molar-refractivity contribution in [2.45, 2.75) is 65.8 Å². The van der Waals surface area contributed by atoms with Crippen LogP contribution in [0.1, 0.15) is 48.5 Å². The molecule has 3 heteroatoms. The summed E-state index contributed by atoms with van der Waals surface area (Å²) >= 11 is 0. The largest absolute Gasteiger partial charge is 0.490 e. The Kier molecular flexibility index (Phi) is 6.52. The topological polar surface area (TPSA) is 18.5 Å². The molecule has 0 aliphatic carbocycles. The molecule has 2 aromatic carbocycles. The summed E-state index contributed by atoms with van der Waals surface area (Å²) in [6.07, 6.45) is 0.262. The Hall–Kier alpha value is -1.53. The van der Waals surface area contributed by atoms with Crippen LogP contribution >= 0.6 is 8.58 Å². The SMILES string of the molecule is CC(C)Oc1ccccc1-c1c(OC(C)C)cccc1PC(C)(C)C. The number of ether oxygens (including phenoxy) is 2. The van der Waals surface area contributed by atoms with Crippen molar-refractivity contribution in [1.82, 2.24) is 0 Å². The van der Waals surface area contributed by atoms with E-state index in [4.69, 9.17) is 9.47 Å². The third-order valence-electron chi connectivity index (χ3n) is 3.42. The maximum atomic E-state index is 6.16. The molecule has 0 aromatic heterocycles. The lowest BCUT2D eigenvalue weighted by atomic mass is 10.0. The Morgan fingerprint density at radius 3 is 1.92 bits per heavy atom. The van der Waals surface area contributed by atoms with Gasteiger partial charge in [-0.25, -0.2) is 0 Å². The maximum absolute atomic E-state index is 6.16. The number of para-hydroxylation sites is 1. The first kappa shape index (κ1) is 19.8. The van der Waals surface area contributed by atoms with Crippen molar-refractivity contribution in [3.63, 3.8) is 0 Å². The molecule has 0 aliphatic rings. The van der Waals surface area contributed by atoms with E-state index in [1.165, 1.54) is 10.9 Å². The van der Waals surface area contributed by atoms with Crippen LogP contribution in [-0.2, 0) is 0 Å². The van der Waals surface area contributed by atoms with Gasteiger partial charge in [-0.1, -0.05) is 59.7 Å². The lowest BCUT2D eigenvalue weighted by molar-refractivity contribution is 0.239. The molecule has 0 radical (unpaired) electrons. The second-order valence-electron chi connectivity index (χ2n) is 7.88. The molecular weight excluding hydrogens is 327 g/mol. The first-order chi connectivity index (χ1) is 11.7. The molecule has 2 rings (SSSR count). The van der Waals surface area contributed by atoms with Crippen LogP contribution in [-0.4, -0.2) is 17.4 Å². The van der Waals surface area contributed by atoms with E-state index in [9.17, 15) is 0 Å². The van der Waals surface area contributed by atoms with Crippen LogP contribution in [0.5, 0.6) is 11.5 Å². The minimum absolute atomic E-state index is 0.130. The number of hydrogen-bond donors (Lipinski definition) is 0. The van der Waals surface area contributed by atoms with E-state index < -0.39 is 0 Å². The van der Waals surface area contributed by atoms with Gasteiger partial charge in [-0.2, -0.15) is 0 Å². The molecule has 0 aliphatic heterocycles. The van der Waals surface area contributed by atoms with Crippen LogP contribution in [0.15, 0.2) is 42.5 Å². The first-order valence-corrected chi connectivity index (χ1v) is 10.0. The Bertz CT molecular complexity index is 699. The van der Waals surface area contributed by atoms with E-state index in [-0.39, 0.29) is 17.4 Å². The van der Waals surface area contributed by atoms with E-state index >= 15 is 0 Å². The van der Waals surface area contributed by atoms with Crippen molar-refractivity contribution in [3.8, 4) is 22.6 Å². The molecule has 25 heavy (non-hydrogen) atoms. The highest BCUT2D eigenvalue weighted by Gasteiger charge is 2.21. The van der Waals surface area contributed by atoms with Crippen molar-refractivity contribution in [2.75, 3.05) is 0 Å². The summed E-state index contributed by atoms with van der Waals surface area (Å²) < 4.78 is 12.3. The molecule has 0 spiro atoms. The van der Waals surface area contributed by atoms with Crippen LogP contribution in [0, 0.1) is 0 Å². The number of benzene rings is 2. The zero-order valence-electron chi connectivity index (χ0n) is 16.5. The molecule has 0 saturated carbocycles. The third-order valence-corrected chi connectivity index (χ3v) is 4.85. The van der Waals surface area contributed by atoms with Gasteiger partial charge in [-0.05, 0) is 50.3 Å². The summed E-state index contributed by atoms with van der Waals surface area (Å²) in [5, 5.41) is 1.55. The highest BCUT2D eigenvalue weighted by Crippen LogP contribution is 2.41. The van der Waals surface area contributed by atoms with Crippen molar-refractivity contribution in [3.05, 3.63) is 42.5 Å². The van der Waals surface area contributed by atoms with Gasteiger partial charge in [0.2, 0.25) is 0 Å². The molecule has 0 heterocycles. The van der Waals surface area contributed by atoms with Crippen LogP contribution < -0.4 is 14.8 Å². The summed E-state index contributed by atoms with van der Waals surface area (Å²) in [4.78, 5) is 0. The average molecular weight is 358 g/mol. The fourth-order valence-electron chi connectivity index (χ4n) is 2.70. The molecule has 0 bridgehead atoms. The lowest BCUT2D eigenvalue weighted by Gasteiger charge is -2.24. The fourth-order valence-corrected chi connectivity index (χ4v) is 4.07. The van der Waals surface area contributed by atoms with Crippen molar-refractivity contribution >= 4 is 13.9 Å². The third kappa shape index (κ3) is 5.75. The molecule has 0 amide bonds. The Morgan fingerprint density at radius 2 is 1.32 bits per heavy atom. The zero-order valence-corrected chi connectivity index (χ0v) is 17.5. The van der Waals surface area contributed by atoms with Gasteiger partial charge in [0.05, 0.1) is 12.2 Å².